The molecule has 0 heterocycles. The second-order valence-corrected chi connectivity index (χ2v) is 12.8. The van der Waals surface area contributed by atoms with E-state index in [2.05, 4.69) is 36.2 Å². The lowest BCUT2D eigenvalue weighted by Crippen LogP contribution is -2.45. The SMILES string of the molecule is COc1cc(/C=C/C(=O)OC2CCC(N(C)C3CCC(OC(=O)C4c5ccccc5-c5ccccc54)CC3)CC2)cc(OC)c1OC. The van der Waals surface area contributed by atoms with Crippen molar-refractivity contribution in [2.24, 2.45) is 0 Å². The molecule has 0 spiro atoms. The first-order chi connectivity index (χ1) is 22.9. The Morgan fingerprint density at radius 3 is 1.66 bits per heavy atom. The number of hydrogen-bond acceptors (Lipinski definition) is 8. The largest absolute Gasteiger partial charge is 0.493 e. The van der Waals surface area contributed by atoms with E-state index in [0.717, 1.165) is 79.2 Å². The fraction of sp³-hybridized carbons (Fsp3) is 0.436. The molecule has 3 aromatic rings. The number of benzene rings is 3. The monoisotopic (exact) mass is 639 g/mol. The normalized spacial score (nSPS) is 22.4. The van der Waals surface area contributed by atoms with Crippen molar-refractivity contribution < 1.29 is 33.3 Å². The van der Waals surface area contributed by atoms with Crippen LogP contribution in [-0.4, -0.2) is 69.5 Å². The lowest BCUT2D eigenvalue weighted by Gasteiger charge is -2.41. The summed E-state index contributed by atoms with van der Waals surface area (Å²) in [5.74, 6) is 0.719. The van der Waals surface area contributed by atoms with Gasteiger partial charge in [-0.05, 0) is 104 Å². The van der Waals surface area contributed by atoms with Gasteiger partial charge in [0.05, 0.1) is 21.3 Å². The van der Waals surface area contributed by atoms with Crippen molar-refractivity contribution in [3.05, 3.63) is 83.4 Å². The number of esters is 2. The highest BCUT2D eigenvalue weighted by atomic mass is 16.5. The number of carbonyl (C=O) groups excluding carboxylic acids is 2. The molecule has 8 nitrogen and oxygen atoms in total. The van der Waals surface area contributed by atoms with Gasteiger partial charge in [0.2, 0.25) is 5.75 Å². The molecule has 0 N–H and O–H groups in total. The Morgan fingerprint density at radius 1 is 0.681 bits per heavy atom. The van der Waals surface area contributed by atoms with Crippen molar-refractivity contribution in [1.29, 1.82) is 0 Å². The summed E-state index contributed by atoms with van der Waals surface area (Å²) >= 11 is 0. The maximum atomic E-state index is 13.5. The molecule has 0 radical (unpaired) electrons. The average Bonchev–Trinajstić information content (AvgIpc) is 3.45. The zero-order valence-corrected chi connectivity index (χ0v) is 27.8. The molecule has 0 aromatic heterocycles. The third kappa shape index (κ3) is 7.03. The number of carbonyl (C=O) groups is 2. The number of hydrogen-bond donors (Lipinski definition) is 0. The van der Waals surface area contributed by atoms with Crippen LogP contribution in [0.15, 0.2) is 66.7 Å². The predicted octanol–water partition coefficient (Wildman–Crippen LogP) is 7.18. The van der Waals surface area contributed by atoms with E-state index >= 15 is 0 Å². The molecule has 2 fully saturated rings. The summed E-state index contributed by atoms with van der Waals surface area (Å²) in [6, 6.07) is 20.8. The summed E-state index contributed by atoms with van der Waals surface area (Å²) in [5, 5.41) is 0. The first kappa shape index (κ1) is 32.6. The van der Waals surface area contributed by atoms with Crippen molar-refractivity contribution in [1.82, 2.24) is 4.90 Å². The maximum absolute atomic E-state index is 13.5. The van der Waals surface area contributed by atoms with E-state index in [0.29, 0.717) is 29.3 Å². The van der Waals surface area contributed by atoms with E-state index in [9.17, 15) is 9.59 Å². The Hall–Kier alpha value is -4.30. The van der Waals surface area contributed by atoms with Gasteiger partial charge in [0.15, 0.2) is 11.5 Å². The third-order valence-electron chi connectivity index (χ3n) is 10.2. The van der Waals surface area contributed by atoms with Gasteiger partial charge in [0.25, 0.3) is 0 Å². The highest BCUT2D eigenvalue weighted by Gasteiger charge is 2.37. The summed E-state index contributed by atoms with van der Waals surface area (Å²) in [6.45, 7) is 0. The molecular weight excluding hydrogens is 594 g/mol. The van der Waals surface area contributed by atoms with Gasteiger partial charge >= 0.3 is 11.9 Å². The first-order valence-corrected chi connectivity index (χ1v) is 16.7. The Kier molecular flexibility index (Phi) is 10.2. The second kappa shape index (κ2) is 14.6. The van der Waals surface area contributed by atoms with Gasteiger partial charge in [0.1, 0.15) is 18.1 Å². The van der Waals surface area contributed by atoms with Gasteiger partial charge in [-0.3, -0.25) is 4.79 Å². The number of ether oxygens (including phenoxy) is 5. The quantitative estimate of drug-likeness (QED) is 0.171. The molecule has 0 bridgehead atoms. The Balaban J connectivity index is 0.953. The molecule has 0 amide bonds. The Labute approximate surface area is 277 Å². The summed E-state index contributed by atoms with van der Waals surface area (Å²) in [5.41, 5.74) is 5.10. The lowest BCUT2D eigenvalue weighted by molar-refractivity contribution is -0.151. The predicted molar refractivity (Wildman–Crippen MR) is 181 cm³/mol. The molecule has 0 unspecified atom stereocenters. The van der Waals surface area contributed by atoms with Crippen LogP contribution in [-0.2, 0) is 19.1 Å². The van der Waals surface area contributed by atoms with Gasteiger partial charge in [-0.1, -0.05) is 48.5 Å². The molecule has 6 rings (SSSR count). The van der Waals surface area contributed by atoms with Gasteiger partial charge < -0.3 is 28.6 Å². The maximum Gasteiger partial charge on any atom is 0.331 e. The topological polar surface area (TPSA) is 83.5 Å². The van der Waals surface area contributed by atoms with E-state index in [-0.39, 0.29) is 30.1 Å². The van der Waals surface area contributed by atoms with E-state index in [1.54, 1.807) is 39.5 Å². The summed E-state index contributed by atoms with van der Waals surface area (Å²) in [7, 11) is 6.90. The lowest BCUT2D eigenvalue weighted by atomic mass is 9.87. The highest BCUT2D eigenvalue weighted by molar-refractivity contribution is 5.93. The van der Waals surface area contributed by atoms with Crippen LogP contribution in [0, 0.1) is 0 Å². The molecule has 2 saturated carbocycles. The second-order valence-electron chi connectivity index (χ2n) is 12.8. The fourth-order valence-electron chi connectivity index (χ4n) is 7.65. The van der Waals surface area contributed by atoms with E-state index < -0.39 is 0 Å². The van der Waals surface area contributed by atoms with Gasteiger partial charge in [0, 0.05) is 18.2 Å². The number of rotatable bonds is 10. The standard InChI is InChI=1S/C39H45NO7/c1-40(26-14-18-28(19-15-26)46-36(41)22-13-25-23-34(43-2)38(45-4)35(24-25)44-3)27-16-20-29(21-17-27)47-39(42)37-32-11-7-5-9-30(32)31-10-6-8-12-33(31)37/h5-13,22-24,26-29,37H,14-21H2,1-4H3/b22-13+. The Bertz CT molecular complexity index is 1530. The minimum absolute atomic E-state index is 0.0460. The van der Waals surface area contributed by atoms with Gasteiger partial charge in [-0.2, -0.15) is 0 Å². The van der Waals surface area contributed by atoms with Crippen LogP contribution in [0.5, 0.6) is 17.2 Å². The van der Waals surface area contributed by atoms with Crippen LogP contribution >= 0.6 is 0 Å². The van der Waals surface area contributed by atoms with E-state index in [4.69, 9.17) is 23.7 Å². The average molecular weight is 640 g/mol. The summed E-state index contributed by atoms with van der Waals surface area (Å²) in [6.07, 6.45) is 10.4. The molecule has 0 aliphatic heterocycles. The van der Waals surface area contributed by atoms with Crippen LogP contribution in [0.4, 0.5) is 0 Å². The number of methoxy groups -OCH3 is 3. The number of fused-ring (bicyclic) bond motifs is 3. The van der Waals surface area contributed by atoms with E-state index in [1.165, 1.54) is 6.08 Å². The van der Waals surface area contributed by atoms with Gasteiger partial charge in [-0.15, -0.1) is 0 Å². The molecular formula is C39H45NO7. The first-order valence-electron chi connectivity index (χ1n) is 16.7. The molecule has 0 atom stereocenters. The molecule has 47 heavy (non-hydrogen) atoms. The van der Waals surface area contributed by atoms with Crippen molar-refractivity contribution >= 4 is 18.0 Å². The minimum atomic E-state index is -0.354. The van der Waals surface area contributed by atoms with Crippen molar-refractivity contribution in [3.8, 4) is 28.4 Å². The molecule has 3 aliphatic rings. The Morgan fingerprint density at radius 2 is 1.17 bits per heavy atom. The van der Waals surface area contributed by atoms with Gasteiger partial charge in [-0.25, -0.2) is 4.79 Å². The van der Waals surface area contributed by atoms with E-state index in [1.807, 2.05) is 24.3 Å². The highest BCUT2D eigenvalue weighted by Crippen LogP contribution is 2.45. The molecule has 3 aromatic carbocycles. The molecule has 0 saturated heterocycles. The van der Waals surface area contributed by atoms with Crippen molar-refractivity contribution in [2.45, 2.75) is 81.6 Å². The zero-order valence-electron chi connectivity index (χ0n) is 27.8. The molecule has 8 heteroatoms. The smallest absolute Gasteiger partial charge is 0.331 e. The fourth-order valence-corrected chi connectivity index (χ4v) is 7.65. The third-order valence-corrected chi connectivity index (χ3v) is 10.2. The molecule has 248 valence electrons. The van der Waals surface area contributed by atoms with Crippen LogP contribution in [0.1, 0.15) is 74.0 Å². The zero-order chi connectivity index (χ0) is 32.9. The summed E-state index contributed by atoms with van der Waals surface area (Å²) in [4.78, 5) is 28.7. The van der Waals surface area contributed by atoms with Crippen LogP contribution in [0.2, 0.25) is 0 Å². The van der Waals surface area contributed by atoms with Crippen molar-refractivity contribution in [2.75, 3.05) is 28.4 Å². The van der Waals surface area contributed by atoms with Crippen molar-refractivity contribution in [3.63, 3.8) is 0 Å². The minimum Gasteiger partial charge on any atom is -0.493 e. The number of nitrogens with zero attached hydrogens (tertiary/aromatic N) is 1. The van der Waals surface area contributed by atoms with Crippen LogP contribution in [0.25, 0.3) is 17.2 Å². The summed E-state index contributed by atoms with van der Waals surface area (Å²) < 4.78 is 28.1. The van der Waals surface area contributed by atoms with Crippen LogP contribution in [0.3, 0.4) is 0 Å². The van der Waals surface area contributed by atoms with Crippen LogP contribution < -0.4 is 14.2 Å². The molecule has 3 aliphatic carbocycles.